The van der Waals surface area contributed by atoms with Crippen molar-refractivity contribution in [3.8, 4) is 0 Å². The summed E-state index contributed by atoms with van der Waals surface area (Å²) in [5.41, 5.74) is 1.80. The molecule has 2 nitrogen and oxygen atoms in total. The van der Waals surface area contributed by atoms with Crippen LogP contribution >= 0.6 is 15.9 Å². The van der Waals surface area contributed by atoms with Crippen molar-refractivity contribution >= 4 is 15.9 Å². The van der Waals surface area contributed by atoms with Gasteiger partial charge in [-0.25, -0.2) is 0 Å². The Morgan fingerprint density at radius 1 is 1.45 bits per heavy atom. The Bertz CT molecular complexity index is 341. The van der Waals surface area contributed by atoms with Gasteiger partial charge in [-0.1, -0.05) is 0 Å². The highest BCUT2D eigenvalue weighted by atomic mass is 79.9. The molecule has 0 saturated heterocycles. The van der Waals surface area contributed by atoms with E-state index in [4.69, 9.17) is 0 Å². The molecule has 1 rings (SSSR count). The van der Waals surface area contributed by atoms with Crippen LogP contribution in [-0.2, 0) is 7.05 Å². The van der Waals surface area contributed by atoms with Gasteiger partial charge in [-0.3, -0.25) is 4.79 Å². The number of rotatable bonds is 0. The van der Waals surface area contributed by atoms with Crippen LogP contribution in [0.15, 0.2) is 15.3 Å². The molecule has 1 aromatic rings. The van der Waals surface area contributed by atoms with Crippen molar-refractivity contribution < 1.29 is 0 Å². The maximum absolute atomic E-state index is 11.3. The highest BCUT2D eigenvalue weighted by Gasteiger charge is 2.02. The van der Waals surface area contributed by atoms with Crippen molar-refractivity contribution in [2.45, 2.75) is 13.8 Å². The zero-order valence-electron chi connectivity index (χ0n) is 6.81. The quantitative estimate of drug-likeness (QED) is 0.647. The molecule has 0 amide bonds. The average Bonchev–Trinajstić information content (AvgIpc) is 1.97. The van der Waals surface area contributed by atoms with Crippen molar-refractivity contribution in [3.05, 3.63) is 32.2 Å². The molecule has 0 atom stereocenters. The third kappa shape index (κ3) is 1.38. The number of halogens is 1. The van der Waals surface area contributed by atoms with E-state index in [0.717, 1.165) is 15.7 Å². The molecule has 11 heavy (non-hydrogen) atoms. The Labute approximate surface area is 74.0 Å². The third-order valence-corrected chi connectivity index (χ3v) is 2.64. The maximum atomic E-state index is 11.3. The summed E-state index contributed by atoms with van der Waals surface area (Å²) >= 11 is 3.37. The fourth-order valence-electron chi connectivity index (χ4n) is 0.933. The Hall–Kier alpha value is -0.570. The predicted molar refractivity (Wildman–Crippen MR) is 48.9 cm³/mol. The summed E-state index contributed by atoms with van der Waals surface area (Å²) in [6, 6.07) is 1.84. The van der Waals surface area contributed by atoms with Gasteiger partial charge >= 0.3 is 0 Å². The molecule has 0 aliphatic carbocycles. The minimum atomic E-state index is 0.0747. The van der Waals surface area contributed by atoms with Crippen LogP contribution in [0.4, 0.5) is 0 Å². The molecular weight excluding hydrogens is 206 g/mol. The lowest BCUT2D eigenvalue weighted by Gasteiger charge is -2.05. The number of aryl methyl sites for hydroxylation is 1. The minimum absolute atomic E-state index is 0.0747. The summed E-state index contributed by atoms with van der Waals surface area (Å²) in [4.78, 5) is 11.3. The van der Waals surface area contributed by atoms with E-state index in [0.29, 0.717) is 0 Å². The standard InChI is InChI=1S/C8H10BrNO/c1-5-4-7(9)6(2)10(3)8(5)11/h4H,1-3H3. The van der Waals surface area contributed by atoms with Crippen molar-refractivity contribution in [2.75, 3.05) is 0 Å². The van der Waals surface area contributed by atoms with Crippen LogP contribution in [0.1, 0.15) is 11.3 Å². The SMILES string of the molecule is Cc1cc(Br)c(C)n(C)c1=O. The van der Waals surface area contributed by atoms with E-state index in [9.17, 15) is 4.79 Å². The van der Waals surface area contributed by atoms with Crippen molar-refractivity contribution in [1.29, 1.82) is 0 Å². The Balaban J connectivity index is 3.59. The smallest absolute Gasteiger partial charge is 0.253 e. The molecule has 1 aromatic heterocycles. The van der Waals surface area contributed by atoms with Crippen molar-refractivity contribution in [3.63, 3.8) is 0 Å². The minimum Gasteiger partial charge on any atom is -0.315 e. The van der Waals surface area contributed by atoms with E-state index in [1.165, 1.54) is 0 Å². The first-order chi connectivity index (χ1) is 5.04. The average molecular weight is 216 g/mol. The third-order valence-electron chi connectivity index (χ3n) is 1.83. The Kier molecular flexibility index (Phi) is 2.18. The molecule has 0 unspecified atom stereocenters. The largest absolute Gasteiger partial charge is 0.315 e. The van der Waals surface area contributed by atoms with Crippen LogP contribution in [0, 0.1) is 13.8 Å². The summed E-state index contributed by atoms with van der Waals surface area (Å²) in [6.45, 7) is 3.72. The van der Waals surface area contributed by atoms with Gasteiger partial charge in [0.05, 0.1) is 0 Å². The van der Waals surface area contributed by atoms with Gasteiger partial charge in [-0.2, -0.15) is 0 Å². The lowest BCUT2D eigenvalue weighted by Crippen LogP contribution is -2.21. The second-order valence-corrected chi connectivity index (χ2v) is 3.48. The van der Waals surface area contributed by atoms with Crippen LogP contribution in [0.3, 0.4) is 0 Å². The molecule has 0 spiro atoms. The molecule has 0 aliphatic heterocycles. The predicted octanol–water partition coefficient (Wildman–Crippen LogP) is 1.76. The normalized spacial score (nSPS) is 10.2. The molecule has 60 valence electrons. The van der Waals surface area contributed by atoms with Crippen molar-refractivity contribution in [2.24, 2.45) is 7.05 Å². The lowest BCUT2D eigenvalue weighted by molar-refractivity contribution is 0.802. The highest BCUT2D eigenvalue weighted by Crippen LogP contribution is 2.13. The molecule has 0 aromatic carbocycles. The van der Waals surface area contributed by atoms with E-state index in [2.05, 4.69) is 15.9 Å². The first-order valence-corrected chi connectivity index (χ1v) is 4.16. The number of nitrogens with zero attached hydrogens (tertiary/aromatic N) is 1. The highest BCUT2D eigenvalue weighted by molar-refractivity contribution is 9.10. The molecule has 0 saturated carbocycles. The second kappa shape index (κ2) is 2.81. The van der Waals surface area contributed by atoms with Crippen LogP contribution in [0.25, 0.3) is 0 Å². The van der Waals surface area contributed by atoms with Crippen LogP contribution in [-0.4, -0.2) is 4.57 Å². The van der Waals surface area contributed by atoms with Gasteiger partial charge in [0.15, 0.2) is 0 Å². The molecule has 0 fully saturated rings. The molecular formula is C8H10BrNO. The van der Waals surface area contributed by atoms with Gasteiger partial charge in [0.2, 0.25) is 0 Å². The number of hydrogen-bond donors (Lipinski definition) is 0. The topological polar surface area (TPSA) is 22.0 Å². The van der Waals surface area contributed by atoms with Crippen molar-refractivity contribution in [1.82, 2.24) is 4.57 Å². The Morgan fingerprint density at radius 2 is 2.00 bits per heavy atom. The van der Waals surface area contributed by atoms with E-state index < -0.39 is 0 Å². The fourth-order valence-corrected chi connectivity index (χ4v) is 1.54. The molecule has 0 bridgehead atoms. The summed E-state index contributed by atoms with van der Waals surface area (Å²) in [7, 11) is 1.77. The van der Waals surface area contributed by atoms with Crippen LogP contribution in [0.2, 0.25) is 0 Å². The molecule has 0 N–H and O–H groups in total. The van der Waals surface area contributed by atoms with Gasteiger partial charge < -0.3 is 4.57 Å². The van der Waals surface area contributed by atoms with Crippen LogP contribution in [0.5, 0.6) is 0 Å². The van der Waals surface area contributed by atoms with E-state index in [1.807, 2.05) is 19.9 Å². The molecule has 0 aliphatic rings. The Morgan fingerprint density at radius 3 is 2.55 bits per heavy atom. The first-order valence-electron chi connectivity index (χ1n) is 3.36. The molecule has 3 heteroatoms. The van der Waals surface area contributed by atoms with Gasteiger partial charge in [-0.05, 0) is 35.8 Å². The zero-order valence-corrected chi connectivity index (χ0v) is 8.40. The summed E-state index contributed by atoms with van der Waals surface area (Å²) < 4.78 is 2.62. The van der Waals surface area contributed by atoms with Gasteiger partial charge in [0.1, 0.15) is 0 Å². The van der Waals surface area contributed by atoms with E-state index >= 15 is 0 Å². The van der Waals surface area contributed by atoms with Gasteiger partial charge in [0, 0.05) is 22.8 Å². The lowest BCUT2D eigenvalue weighted by atomic mass is 10.3. The number of pyridine rings is 1. The van der Waals surface area contributed by atoms with E-state index in [1.54, 1.807) is 11.6 Å². The monoisotopic (exact) mass is 215 g/mol. The molecule has 0 radical (unpaired) electrons. The maximum Gasteiger partial charge on any atom is 0.253 e. The molecule has 1 heterocycles. The summed E-state index contributed by atoms with van der Waals surface area (Å²) in [6.07, 6.45) is 0. The summed E-state index contributed by atoms with van der Waals surface area (Å²) in [5.74, 6) is 0. The zero-order chi connectivity index (χ0) is 8.59. The fraction of sp³-hybridized carbons (Fsp3) is 0.375. The summed E-state index contributed by atoms with van der Waals surface area (Å²) in [5, 5.41) is 0. The van der Waals surface area contributed by atoms with Gasteiger partial charge in [-0.15, -0.1) is 0 Å². The van der Waals surface area contributed by atoms with Gasteiger partial charge in [0.25, 0.3) is 5.56 Å². The first kappa shape index (κ1) is 8.53. The van der Waals surface area contributed by atoms with E-state index in [-0.39, 0.29) is 5.56 Å². The number of hydrogen-bond acceptors (Lipinski definition) is 1. The number of aromatic nitrogens is 1. The second-order valence-electron chi connectivity index (χ2n) is 2.62. The van der Waals surface area contributed by atoms with Crippen LogP contribution < -0.4 is 5.56 Å².